The molecule has 0 aromatic carbocycles. The number of hydrogen-bond acceptors (Lipinski definition) is 5. The van der Waals surface area contributed by atoms with E-state index in [0.29, 0.717) is 17.4 Å². The molecule has 2 atom stereocenters. The molecule has 0 bridgehead atoms. The van der Waals surface area contributed by atoms with Gasteiger partial charge in [-0.3, -0.25) is 14.7 Å². The Labute approximate surface area is 141 Å². The Morgan fingerprint density at radius 2 is 2.25 bits per heavy atom. The Hall–Kier alpha value is -2.34. The molecule has 6 nitrogen and oxygen atoms in total. The topological polar surface area (TPSA) is 58.8 Å². The number of carbonyl (C=O) groups excluding carboxylic acids is 1. The van der Waals surface area contributed by atoms with Gasteiger partial charge in [0.15, 0.2) is 0 Å². The van der Waals surface area contributed by atoms with E-state index in [1.54, 1.807) is 24.7 Å². The monoisotopic (exact) mass is 327 g/mol. The van der Waals surface area contributed by atoms with Crippen molar-refractivity contribution in [3.05, 3.63) is 48.2 Å². The molecule has 2 aromatic heterocycles. The average Bonchev–Trinajstić information content (AvgIpc) is 3.19. The number of hydrogen-bond donors (Lipinski definition) is 0. The van der Waals surface area contributed by atoms with E-state index in [0.717, 1.165) is 38.3 Å². The number of nitrogens with zero attached hydrogens (tertiary/aromatic N) is 3. The van der Waals surface area contributed by atoms with Gasteiger partial charge >= 0.3 is 0 Å². The standard InChI is InChI=1S/C18H21N3O3/c1-13-17(4-8-23-13)18(22)21-7-6-20-12-16(9-14(20)11-21)24-15-3-2-5-19-10-15/h2-5,8,10,14,16H,6-7,9,11-12H2,1H3/t14-,16+/m0/s1. The summed E-state index contributed by atoms with van der Waals surface area (Å²) in [6.07, 6.45) is 6.15. The lowest BCUT2D eigenvalue weighted by atomic mass is 10.1. The summed E-state index contributed by atoms with van der Waals surface area (Å²) in [4.78, 5) is 21.1. The van der Waals surface area contributed by atoms with Gasteiger partial charge in [-0.15, -0.1) is 0 Å². The van der Waals surface area contributed by atoms with Crippen LogP contribution in [0.2, 0.25) is 0 Å². The fraction of sp³-hybridized carbons (Fsp3) is 0.444. The largest absolute Gasteiger partial charge is 0.487 e. The van der Waals surface area contributed by atoms with Crippen LogP contribution in [0.3, 0.4) is 0 Å². The van der Waals surface area contributed by atoms with Crippen molar-refractivity contribution in [1.29, 1.82) is 0 Å². The van der Waals surface area contributed by atoms with Gasteiger partial charge in [-0.25, -0.2) is 0 Å². The zero-order valence-electron chi connectivity index (χ0n) is 13.7. The van der Waals surface area contributed by atoms with Crippen molar-refractivity contribution < 1.29 is 13.9 Å². The van der Waals surface area contributed by atoms with E-state index in [1.165, 1.54) is 0 Å². The molecule has 0 N–H and O–H groups in total. The van der Waals surface area contributed by atoms with E-state index >= 15 is 0 Å². The maximum atomic E-state index is 12.7. The quantitative estimate of drug-likeness (QED) is 0.862. The lowest BCUT2D eigenvalue weighted by Crippen LogP contribution is -2.52. The molecule has 0 saturated carbocycles. The molecule has 2 aliphatic rings. The molecule has 1 amide bonds. The van der Waals surface area contributed by atoms with Gasteiger partial charge in [0.05, 0.1) is 18.0 Å². The maximum Gasteiger partial charge on any atom is 0.257 e. The second-order valence-electron chi connectivity index (χ2n) is 6.45. The molecule has 2 aromatic rings. The Morgan fingerprint density at radius 3 is 3.00 bits per heavy atom. The highest BCUT2D eigenvalue weighted by molar-refractivity contribution is 5.95. The normalized spacial score (nSPS) is 24.0. The van der Waals surface area contributed by atoms with Crippen molar-refractivity contribution in [3.8, 4) is 5.75 Å². The van der Waals surface area contributed by atoms with Crippen LogP contribution >= 0.6 is 0 Å². The molecule has 24 heavy (non-hydrogen) atoms. The number of piperazine rings is 1. The molecule has 126 valence electrons. The summed E-state index contributed by atoms with van der Waals surface area (Å²) >= 11 is 0. The maximum absolute atomic E-state index is 12.7. The molecule has 2 saturated heterocycles. The van der Waals surface area contributed by atoms with Crippen LogP contribution < -0.4 is 4.74 Å². The first-order valence-electron chi connectivity index (χ1n) is 8.35. The molecule has 2 fully saturated rings. The van der Waals surface area contributed by atoms with Gasteiger partial charge in [0.25, 0.3) is 5.91 Å². The molecule has 2 aliphatic heterocycles. The number of rotatable bonds is 3. The minimum absolute atomic E-state index is 0.0672. The smallest absolute Gasteiger partial charge is 0.257 e. The predicted molar refractivity (Wildman–Crippen MR) is 88.0 cm³/mol. The average molecular weight is 327 g/mol. The van der Waals surface area contributed by atoms with Crippen molar-refractivity contribution in [2.45, 2.75) is 25.5 Å². The fourth-order valence-corrected chi connectivity index (χ4v) is 3.65. The van der Waals surface area contributed by atoms with Crippen LogP contribution in [0.1, 0.15) is 22.5 Å². The van der Waals surface area contributed by atoms with Gasteiger partial charge < -0.3 is 14.1 Å². The van der Waals surface area contributed by atoms with E-state index in [-0.39, 0.29) is 12.0 Å². The molecule has 0 aliphatic carbocycles. The molecular formula is C18H21N3O3. The number of aryl methyl sites for hydroxylation is 1. The highest BCUT2D eigenvalue weighted by Crippen LogP contribution is 2.26. The van der Waals surface area contributed by atoms with Crippen LogP contribution in [0.25, 0.3) is 0 Å². The van der Waals surface area contributed by atoms with Gasteiger partial charge in [0.1, 0.15) is 17.6 Å². The molecular weight excluding hydrogens is 306 g/mol. The molecule has 0 unspecified atom stereocenters. The van der Waals surface area contributed by atoms with Crippen molar-refractivity contribution in [1.82, 2.24) is 14.8 Å². The predicted octanol–water partition coefficient (Wildman–Crippen LogP) is 1.96. The summed E-state index contributed by atoms with van der Waals surface area (Å²) in [5.41, 5.74) is 0.671. The highest BCUT2D eigenvalue weighted by Gasteiger charge is 2.38. The van der Waals surface area contributed by atoms with Crippen LogP contribution in [0.15, 0.2) is 41.3 Å². The van der Waals surface area contributed by atoms with Gasteiger partial charge in [-0.05, 0) is 25.1 Å². The van der Waals surface area contributed by atoms with Crippen molar-refractivity contribution >= 4 is 5.91 Å². The van der Waals surface area contributed by atoms with Gasteiger partial charge in [-0.2, -0.15) is 0 Å². The lowest BCUT2D eigenvalue weighted by molar-refractivity contribution is 0.0568. The summed E-state index contributed by atoms with van der Waals surface area (Å²) in [5.74, 6) is 1.56. The van der Waals surface area contributed by atoms with E-state index in [2.05, 4.69) is 9.88 Å². The van der Waals surface area contributed by atoms with Crippen LogP contribution in [0.5, 0.6) is 5.75 Å². The van der Waals surface area contributed by atoms with Crippen LogP contribution in [0, 0.1) is 6.92 Å². The number of fused-ring (bicyclic) bond motifs is 1. The number of ether oxygens (including phenoxy) is 1. The number of pyridine rings is 1. The van der Waals surface area contributed by atoms with Gasteiger partial charge in [-0.1, -0.05) is 0 Å². The minimum atomic E-state index is 0.0672. The lowest BCUT2D eigenvalue weighted by Gasteiger charge is -2.37. The Kier molecular flexibility index (Phi) is 3.98. The fourth-order valence-electron chi connectivity index (χ4n) is 3.65. The molecule has 4 heterocycles. The van der Waals surface area contributed by atoms with Crippen LogP contribution in [-0.2, 0) is 0 Å². The Bertz CT molecular complexity index is 715. The zero-order valence-corrected chi connectivity index (χ0v) is 13.7. The zero-order chi connectivity index (χ0) is 16.5. The first-order valence-corrected chi connectivity index (χ1v) is 8.35. The second-order valence-corrected chi connectivity index (χ2v) is 6.45. The third-order valence-electron chi connectivity index (χ3n) is 4.89. The van der Waals surface area contributed by atoms with E-state index in [9.17, 15) is 4.79 Å². The molecule has 0 spiro atoms. The van der Waals surface area contributed by atoms with Gasteiger partial charge in [0.2, 0.25) is 0 Å². The summed E-state index contributed by atoms with van der Waals surface area (Å²) in [5, 5.41) is 0. The van der Waals surface area contributed by atoms with E-state index < -0.39 is 0 Å². The van der Waals surface area contributed by atoms with Crippen molar-refractivity contribution in [3.63, 3.8) is 0 Å². The number of aromatic nitrogens is 1. The van der Waals surface area contributed by atoms with Gasteiger partial charge in [0, 0.05) is 44.8 Å². The van der Waals surface area contributed by atoms with Crippen molar-refractivity contribution in [2.75, 3.05) is 26.2 Å². The minimum Gasteiger partial charge on any atom is -0.487 e. The summed E-state index contributed by atoms with van der Waals surface area (Å²) in [6, 6.07) is 5.93. The van der Waals surface area contributed by atoms with Crippen molar-refractivity contribution in [2.24, 2.45) is 0 Å². The van der Waals surface area contributed by atoms with Crippen LogP contribution in [-0.4, -0.2) is 59.0 Å². The summed E-state index contributed by atoms with van der Waals surface area (Å²) < 4.78 is 11.3. The molecule has 6 heteroatoms. The van der Waals surface area contributed by atoms with Crippen LogP contribution in [0.4, 0.5) is 0 Å². The highest BCUT2D eigenvalue weighted by atomic mass is 16.5. The third kappa shape index (κ3) is 2.89. The number of carbonyl (C=O) groups is 1. The first kappa shape index (κ1) is 15.2. The number of amides is 1. The third-order valence-corrected chi connectivity index (χ3v) is 4.89. The second kappa shape index (κ2) is 6.28. The number of furan rings is 1. The molecule has 0 radical (unpaired) electrons. The SMILES string of the molecule is Cc1occc1C(=O)N1CCN2C[C@H](Oc3cccnc3)C[C@H]2C1. The first-order chi connectivity index (χ1) is 11.7. The Morgan fingerprint density at radius 1 is 1.33 bits per heavy atom. The summed E-state index contributed by atoms with van der Waals surface area (Å²) in [6.45, 7) is 5.12. The molecule has 4 rings (SSSR count). The van der Waals surface area contributed by atoms with E-state index in [4.69, 9.17) is 9.15 Å². The van der Waals surface area contributed by atoms with E-state index in [1.807, 2.05) is 24.0 Å². The summed E-state index contributed by atoms with van der Waals surface area (Å²) in [7, 11) is 0. The Balaban J connectivity index is 1.39.